The van der Waals surface area contributed by atoms with Crippen molar-refractivity contribution in [1.82, 2.24) is 42.5 Å². The van der Waals surface area contributed by atoms with E-state index in [1.54, 1.807) is 109 Å². The molecule has 94 heavy (non-hydrogen) atoms. The summed E-state index contributed by atoms with van der Waals surface area (Å²) in [6, 6.07) is 34.4. The van der Waals surface area contributed by atoms with Gasteiger partial charge >= 0.3 is 0 Å². The Kier molecular flexibility index (Phi) is 26.3. The molecular formula is C70H84N12O12. The van der Waals surface area contributed by atoms with Crippen LogP contribution in [0.5, 0.6) is 11.5 Å². The van der Waals surface area contributed by atoms with E-state index in [1.807, 2.05) is 39.8 Å². The van der Waals surface area contributed by atoms with Crippen molar-refractivity contribution in [3.05, 3.63) is 190 Å². The quantitative estimate of drug-likeness (QED) is 0.0204. The van der Waals surface area contributed by atoms with Crippen LogP contribution in [0.2, 0.25) is 0 Å². The van der Waals surface area contributed by atoms with Crippen LogP contribution in [0.1, 0.15) is 94.6 Å². The summed E-state index contributed by atoms with van der Waals surface area (Å²) in [4.78, 5) is 139. The average molecular weight is 1290 g/mol. The van der Waals surface area contributed by atoms with Crippen molar-refractivity contribution in [2.24, 2.45) is 23.3 Å². The SMILES string of the molecule is CC(C)C[C@H](NC(=O)[C@H](Cc1ccccc1)NC(=O)[C@H](Cc1ccccc1)NC(=O)CN)C(=O)NCCNc1ccc(NCCNC(=O)[C@H](CC(C)C)NC(=O)[C@H](Cc2ccccc2)NC(=O)[C@H](Cc2ccccc2)NC(=O)CN)c2c1C(=O)c1c(O)ccc(O)c1C2=O. The van der Waals surface area contributed by atoms with Crippen molar-refractivity contribution in [2.45, 2.75) is 102 Å². The molecule has 0 bridgehead atoms. The summed E-state index contributed by atoms with van der Waals surface area (Å²) in [6.07, 6.45) is 0.683. The lowest BCUT2D eigenvalue weighted by molar-refractivity contribution is -0.133. The van der Waals surface area contributed by atoms with Gasteiger partial charge in [0, 0.05) is 63.2 Å². The molecule has 0 saturated carbocycles. The van der Waals surface area contributed by atoms with Crippen LogP contribution in [0, 0.1) is 11.8 Å². The predicted molar refractivity (Wildman–Crippen MR) is 355 cm³/mol. The molecule has 6 atom stereocenters. The van der Waals surface area contributed by atoms with Gasteiger partial charge in [0.05, 0.1) is 35.3 Å². The zero-order valence-corrected chi connectivity index (χ0v) is 53.1. The molecule has 0 unspecified atom stereocenters. The van der Waals surface area contributed by atoms with Crippen LogP contribution < -0.4 is 64.6 Å². The number of nitrogens with one attached hydrogen (secondary N) is 10. The van der Waals surface area contributed by atoms with Gasteiger partial charge in [-0.2, -0.15) is 0 Å². The maximum atomic E-state index is 14.5. The molecule has 24 nitrogen and oxygen atoms in total. The molecule has 1 aliphatic carbocycles. The molecule has 0 spiro atoms. The van der Waals surface area contributed by atoms with E-state index < -0.39 is 118 Å². The number of rotatable bonds is 34. The van der Waals surface area contributed by atoms with Crippen LogP contribution >= 0.6 is 0 Å². The molecule has 1 aliphatic rings. The van der Waals surface area contributed by atoms with Crippen molar-refractivity contribution < 1.29 is 58.2 Å². The fraction of sp³-hybridized carbons (Fsp3) is 0.343. The maximum Gasteiger partial charge on any atom is 0.243 e. The van der Waals surface area contributed by atoms with Gasteiger partial charge in [-0.1, -0.05) is 149 Å². The number of aromatic hydroxyl groups is 2. The van der Waals surface area contributed by atoms with Gasteiger partial charge in [0.15, 0.2) is 0 Å². The molecule has 24 heteroatoms. The van der Waals surface area contributed by atoms with Gasteiger partial charge < -0.3 is 74.8 Å². The number of carbonyl (C=O) groups is 10. The van der Waals surface area contributed by atoms with E-state index >= 15 is 0 Å². The Hall–Kier alpha value is -10.5. The second-order valence-electron chi connectivity index (χ2n) is 23.8. The number of amides is 8. The van der Waals surface area contributed by atoms with E-state index in [1.165, 1.54) is 12.1 Å². The van der Waals surface area contributed by atoms with Crippen LogP contribution in [0.25, 0.3) is 0 Å². The molecule has 0 aliphatic heterocycles. The molecule has 0 heterocycles. The van der Waals surface area contributed by atoms with Crippen molar-refractivity contribution in [1.29, 1.82) is 0 Å². The molecule has 6 aromatic carbocycles. The van der Waals surface area contributed by atoms with Gasteiger partial charge in [0.2, 0.25) is 58.8 Å². The summed E-state index contributed by atoms with van der Waals surface area (Å²) in [7, 11) is 0. The number of phenolic OH excluding ortho intramolecular Hbond substituents is 2. The number of carbonyl (C=O) groups excluding carboxylic acids is 10. The molecule has 6 aromatic rings. The molecule has 0 radical (unpaired) electrons. The van der Waals surface area contributed by atoms with Crippen molar-refractivity contribution in [3.63, 3.8) is 0 Å². The molecule has 0 fully saturated rings. The van der Waals surface area contributed by atoms with E-state index in [0.29, 0.717) is 11.1 Å². The lowest BCUT2D eigenvalue weighted by Gasteiger charge is -2.27. The van der Waals surface area contributed by atoms with E-state index in [4.69, 9.17) is 11.5 Å². The summed E-state index contributed by atoms with van der Waals surface area (Å²) in [5.41, 5.74) is 13.2. The second kappa shape index (κ2) is 34.8. The van der Waals surface area contributed by atoms with Crippen LogP contribution in [0.15, 0.2) is 146 Å². The van der Waals surface area contributed by atoms with E-state index in [9.17, 15) is 58.2 Å². The van der Waals surface area contributed by atoms with E-state index in [2.05, 4.69) is 53.2 Å². The van der Waals surface area contributed by atoms with Crippen LogP contribution in [-0.2, 0) is 64.0 Å². The standard InChI is InChI=1S/C70H84N12O12/c1-41(2)33-49(79-69(93)53(37-45-21-13-7-14-22-45)81-67(91)51(77-57(85)39-71)35-43-17-9-5-10-18-43)65(89)75-31-29-73-47-25-26-48(60-59(47)63(87)61-55(83)27-28-56(84)62(61)64(60)88)74-30-32-76-66(90)50(34-42(3)4)80-70(94)54(38-46-23-15-8-16-24-46)82-68(92)52(78-58(86)40-72)36-44-19-11-6-12-20-44/h5-28,41-42,49-54,73-74,83-84H,29-40,71-72H2,1-4H3,(H,75,89)(H,76,90)(H,77,85)(H,78,86)(H,79,93)(H,80,94)(H,81,91)(H,82,92)/t49-,50-,51-,52-,53-,54-/m0/s1. The van der Waals surface area contributed by atoms with E-state index in [-0.39, 0.29) is 112 Å². The Balaban J connectivity index is 1.03. The Labute approximate surface area is 546 Å². The normalized spacial score (nSPS) is 13.5. The van der Waals surface area contributed by atoms with Gasteiger partial charge in [-0.25, -0.2) is 0 Å². The van der Waals surface area contributed by atoms with Crippen LogP contribution in [0.3, 0.4) is 0 Å². The number of ketones is 2. The summed E-state index contributed by atoms with van der Waals surface area (Å²) < 4.78 is 0. The number of nitrogens with two attached hydrogens (primary N) is 2. The first kappa shape index (κ1) is 71.0. The Morgan fingerprint density at radius 3 is 0.904 bits per heavy atom. The second-order valence-corrected chi connectivity index (χ2v) is 23.8. The third-order valence-corrected chi connectivity index (χ3v) is 15.5. The first-order valence-corrected chi connectivity index (χ1v) is 31.3. The highest BCUT2D eigenvalue weighted by Crippen LogP contribution is 2.42. The number of fused-ring (bicyclic) bond motifs is 2. The predicted octanol–water partition coefficient (Wildman–Crippen LogP) is 2.82. The number of anilines is 2. The highest BCUT2D eigenvalue weighted by molar-refractivity contribution is 6.33. The molecule has 8 amide bonds. The largest absolute Gasteiger partial charge is 0.507 e. The number of hydrogen-bond donors (Lipinski definition) is 14. The number of hydrogen-bond acceptors (Lipinski definition) is 16. The van der Waals surface area contributed by atoms with Gasteiger partial charge in [0.1, 0.15) is 47.8 Å². The third kappa shape index (κ3) is 20.3. The van der Waals surface area contributed by atoms with Crippen molar-refractivity contribution >= 4 is 70.2 Å². The minimum Gasteiger partial charge on any atom is -0.507 e. The minimum absolute atomic E-state index is 0.0288. The first-order valence-electron chi connectivity index (χ1n) is 31.3. The molecule has 7 rings (SSSR count). The average Bonchev–Trinajstić information content (AvgIpc) is 0.734. The summed E-state index contributed by atoms with van der Waals surface area (Å²) in [5.74, 6) is -7.76. The monoisotopic (exact) mass is 1280 g/mol. The Bertz CT molecular complexity index is 3400. The molecular weight excluding hydrogens is 1200 g/mol. The van der Waals surface area contributed by atoms with Gasteiger partial charge in [-0.05, 0) is 71.2 Å². The Morgan fingerprint density at radius 2 is 0.628 bits per heavy atom. The number of phenols is 2. The minimum atomic E-state index is -1.19. The summed E-state index contributed by atoms with van der Waals surface area (Å²) in [5, 5.41) is 50.4. The summed E-state index contributed by atoms with van der Waals surface area (Å²) >= 11 is 0. The zero-order chi connectivity index (χ0) is 67.8. The number of benzene rings is 6. The molecule has 496 valence electrons. The fourth-order valence-electron chi connectivity index (χ4n) is 10.9. The van der Waals surface area contributed by atoms with Crippen LogP contribution in [0.4, 0.5) is 11.4 Å². The highest BCUT2D eigenvalue weighted by atomic mass is 16.3. The van der Waals surface area contributed by atoms with Gasteiger partial charge in [0.25, 0.3) is 0 Å². The van der Waals surface area contributed by atoms with Crippen LogP contribution in [-0.4, -0.2) is 145 Å². The summed E-state index contributed by atoms with van der Waals surface area (Å²) in [6.45, 7) is 6.55. The zero-order valence-electron chi connectivity index (χ0n) is 53.1. The lowest BCUT2D eigenvalue weighted by Crippen LogP contribution is -2.58. The Morgan fingerprint density at radius 1 is 0.351 bits per heavy atom. The third-order valence-electron chi connectivity index (χ3n) is 15.5. The fourth-order valence-corrected chi connectivity index (χ4v) is 10.9. The topological polar surface area (TPSA) is 384 Å². The van der Waals surface area contributed by atoms with Gasteiger partial charge in [-0.15, -0.1) is 0 Å². The molecule has 0 saturated heterocycles. The molecule has 0 aromatic heterocycles. The first-order chi connectivity index (χ1) is 45.1. The highest BCUT2D eigenvalue weighted by Gasteiger charge is 2.39. The lowest BCUT2D eigenvalue weighted by atomic mass is 9.81. The molecule has 16 N–H and O–H groups in total. The van der Waals surface area contributed by atoms with Crippen molar-refractivity contribution in [2.75, 3.05) is 49.9 Å². The smallest absolute Gasteiger partial charge is 0.243 e. The maximum absolute atomic E-state index is 14.5. The van der Waals surface area contributed by atoms with Crippen molar-refractivity contribution in [3.8, 4) is 11.5 Å². The van der Waals surface area contributed by atoms with Gasteiger partial charge in [-0.3, -0.25) is 47.9 Å². The van der Waals surface area contributed by atoms with E-state index in [0.717, 1.165) is 23.3 Å².